The number of halogens is 1. The standard InChI is InChI=1S/C14H11ClO2/c15-13-9-5-4-6-11(13)10-14(16)17-12-7-2-1-3-8-12/h1-9H,10H2. The van der Waals surface area contributed by atoms with E-state index in [1.165, 1.54) is 0 Å². The zero-order chi connectivity index (χ0) is 12.1. The Morgan fingerprint density at radius 2 is 1.65 bits per heavy atom. The molecule has 0 aromatic heterocycles. The third-order valence-electron chi connectivity index (χ3n) is 2.27. The Balaban J connectivity index is 2.01. The summed E-state index contributed by atoms with van der Waals surface area (Å²) in [6, 6.07) is 16.2. The van der Waals surface area contributed by atoms with Gasteiger partial charge in [0.15, 0.2) is 0 Å². The summed E-state index contributed by atoms with van der Waals surface area (Å²) in [6.07, 6.45) is 0.175. The Bertz CT molecular complexity index is 509. The van der Waals surface area contributed by atoms with Crippen LogP contribution in [0, 0.1) is 0 Å². The molecule has 0 heterocycles. The van der Waals surface area contributed by atoms with Crippen LogP contribution < -0.4 is 4.74 Å². The molecular weight excluding hydrogens is 236 g/mol. The summed E-state index contributed by atoms with van der Waals surface area (Å²) in [5, 5.41) is 0.581. The molecule has 3 heteroatoms. The van der Waals surface area contributed by atoms with Crippen molar-refractivity contribution in [2.24, 2.45) is 0 Å². The first-order valence-corrected chi connectivity index (χ1v) is 5.62. The molecule has 0 aliphatic carbocycles. The highest BCUT2D eigenvalue weighted by Crippen LogP contribution is 2.16. The average molecular weight is 247 g/mol. The summed E-state index contributed by atoms with van der Waals surface area (Å²) >= 11 is 5.96. The molecule has 0 aliphatic heterocycles. The molecule has 2 rings (SSSR count). The van der Waals surface area contributed by atoms with Gasteiger partial charge in [-0.1, -0.05) is 48.0 Å². The molecule has 2 aromatic rings. The van der Waals surface area contributed by atoms with Crippen molar-refractivity contribution in [3.8, 4) is 5.75 Å². The third kappa shape index (κ3) is 3.33. The van der Waals surface area contributed by atoms with Crippen molar-refractivity contribution in [1.82, 2.24) is 0 Å². The highest BCUT2D eigenvalue weighted by Gasteiger charge is 2.08. The summed E-state index contributed by atoms with van der Waals surface area (Å²) in [6.45, 7) is 0. The van der Waals surface area contributed by atoms with Crippen LogP contribution in [0.5, 0.6) is 5.75 Å². The molecule has 0 fully saturated rings. The molecular formula is C14H11ClO2. The minimum atomic E-state index is -0.315. The molecule has 0 atom stereocenters. The van der Waals surface area contributed by atoms with Crippen LogP contribution >= 0.6 is 11.6 Å². The van der Waals surface area contributed by atoms with Crippen LogP contribution in [-0.2, 0) is 11.2 Å². The summed E-state index contributed by atoms with van der Waals surface area (Å²) in [4.78, 5) is 11.7. The number of benzene rings is 2. The van der Waals surface area contributed by atoms with E-state index in [0.29, 0.717) is 10.8 Å². The first kappa shape index (κ1) is 11.7. The lowest BCUT2D eigenvalue weighted by atomic mass is 10.1. The molecule has 0 radical (unpaired) electrons. The molecule has 0 saturated carbocycles. The highest BCUT2D eigenvalue weighted by molar-refractivity contribution is 6.31. The molecule has 17 heavy (non-hydrogen) atoms. The first-order valence-electron chi connectivity index (χ1n) is 5.25. The lowest BCUT2D eigenvalue weighted by Gasteiger charge is -2.05. The molecule has 0 saturated heterocycles. The molecule has 86 valence electrons. The van der Waals surface area contributed by atoms with Crippen LogP contribution in [0.1, 0.15) is 5.56 Å². The fraction of sp³-hybridized carbons (Fsp3) is 0.0714. The van der Waals surface area contributed by atoms with Crippen molar-refractivity contribution in [2.45, 2.75) is 6.42 Å². The maximum absolute atomic E-state index is 11.7. The number of carbonyl (C=O) groups is 1. The SMILES string of the molecule is O=C(Cc1ccccc1Cl)Oc1ccccc1. The van der Waals surface area contributed by atoms with Gasteiger partial charge in [-0.2, -0.15) is 0 Å². The Morgan fingerprint density at radius 1 is 1.00 bits per heavy atom. The van der Waals surface area contributed by atoms with Gasteiger partial charge in [0.2, 0.25) is 0 Å². The highest BCUT2D eigenvalue weighted by atomic mass is 35.5. The lowest BCUT2D eigenvalue weighted by Crippen LogP contribution is -2.11. The normalized spacial score (nSPS) is 9.94. The van der Waals surface area contributed by atoms with Crippen molar-refractivity contribution >= 4 is 17.6 Å². The monoisotopic (exact) mass is 246 g/mol. The van der Waals surface area contributed by atoms with E-state index >= 15 is 0 Å². The molecule has 0 spiro atoms. The molecule has 0 N–H and O–H groups in total. The Morgan fingerprint density at radius 3 is 2.35 bits per heavy atom. The molecule has 0 amide bonds. The second-order valence-electron chi connectivity index (χ2n) is 3.56. The van der Waals surface area contributed by atoms with Crippen molar-refractivity contribution in [3.63, 3.8) is 0 Å². The van der Waals surface area contributed by atoms with Gasteiger partial charge in [-0.3, -0.25) is 4.79 Å². The topological polar surface area (TPSA) is 26.3 Å². The molecule has 0 unspecified atom stereocenters. The summed E-state index contributed by atoms with van der Waals surface area (Å²) in [7, 11) is 0. The summed E-state index contributed by atoms with van der Waals surface area (Å²) in [5.41, 5.74) is 0.773. The van der Waals surface area contributed by atoms with Crippen LogP contribution in [0.25, 0.3) is 0 Å². The number of carbonyl (C=O) groups excluding carboxylic acids is 1. The van der Waals surface area contributed by atoms with Gasteiger partial charge in [0.25, 0.3) is 0 Å². The van der Waals surface area contributed by atoms with E-state index < -0.39 is 0 Å². The number of ether oxygens (including phenoxy) is 1. The summed E-state index contributed by atoms with van der Waals surface area (Å²) < 4.78 is 5.18. The van der Waals surface area contributed by atoms with E-state index in [0.717, 1.165) is 5.56 Å². The van der Waals surface area contributed by atoms with E-state index in [-0.39, 0.29) is 12.4 Å². The first-order chi connectivity index (χ1) is 8.25. The van der Waals surface area contributed by atoms with E-state index in [2.05, 4.69) is 0 Å². The van der Waals surface area contributed by atoms with Crippen LogP contribution in [0.3, 0.4) is 0 Å². The maximum Gasteiger partial charge on any atom is 0.315 e. The second kappa shape index (κ2) is 5.51. The van der Waals surface area contributed by atoms with Crippen LogP contribution in [0.2, 0.25) is 5.02 Å². The number of hydrogen-bond acceptors (Lipinski definition) is 2. The van der Waals surface area contributed by atoms with Crippen molar-refractivity contribution in [2.75, 3.05) is 0 Å². The third-order valence-corrected chi connectivity index (χ3v) is 2.64. The van der Waals surface area contributed by atoms with E-state index in [4.69, 9.17) is 16.3 Å². The summed E-state index contributed by atoms with van der Waals surface area (Å²) in [5.74, 6) is 0.230. The van der Waals surface area contributed by atoms with Gasteiger partial charge < -0.3 is 4.74 Å². The number of rotatable bonds is 3. The van der Waals surface area contributed by atoms with E-state index in [1.54, 1.807) is 18.2 Å². The fourth-order valence-electron chi connectivity index (χ4n) is 1.45. The molecule has 0 bridgehead atoms. The van der Waals surface area contributed by atoms with Crippen LogP contribution in [0.4, 0.5) is 0 Å². The Kier molecular flexibility index (Phi) is 3.78. The van der Waals surface area contributed by atoms with E-state index in [9.17, 15) is 4.79 Å². The van der Waals surface area contributed by atoms with Gasteiger partial charge in [-0.25, -0.2) is 0 Å². The Labute approximate surface area is 105 Å². The number of para-hydroxylation sites is 1. The van der Waals surface area contributed by atoms with Gasteiger partial charge in [0.1, 0.15) is 5.75 Å². The average Bonchev–Trinajstić information content (AvgIpc) is 2.33. The van der Waals surface area contributed by atoms with Crippen molar-refractivity contribution in [3.05, 3.63) is 65.2 Å². The second-order valence-corrected chi connectivity index (χ2v) is 3.96. The molecule has 2 aromatic carbocycles. The van der Waals surface area contributed by atoms with Gasteiger partial charge in [-0.15, -0.1) is 0 Å². The largest absolute Gasteiger partial charge is 0.426 e. The minimum Gasteiger partial charge on any atom is -0.426 e. The van der Waals surface area contributed by atoms with Crippen LogP contribution in [0.15, 0.2) is 54.6 Å². The number of esters is 1. The zero-order valence-corrected chi connectivity index (χ0v) is 9.85. The minimum absolute atomic E-state index is 0.175. The van der Waals surface area contributed by atoms with Crippen LogP contribution in [-0.4, -0.2) is 5.97 Å². The quantitative estimate of drug-likeness (QED) is 0.612. The maximum atomic E-state index is 11.7. The van der Waals surface area contributed by atoms with Gasteiger partial charge in [0.05, 0.1) is 6.42 Å². The van der Waals surface area contributed by atoms with Gasteiger partial charge >= 0.3 is 5.97 Å². The predicted molar refractivity (Wildman–Crippen MR) is 67.2 cm³/mol. The smallest absolute Gasteiger partial charge is 0.315 e. The van der Waals surface area contributed by atoms with Gasteiger partial charge in [-0.05, 0) is 23.8 Å². The molecule has 0 aliphatic rings. The zero-order valence-electron chi connectivity index (χ0n) is 9.10. The molecule has 2 nitrogen and oxygen atoms in total. The van der Waals surface area contributed by atoms with Crippen molar-refractivity contribution < 1.29 is 9.53 Å². The Hall–Kier alpha value is -1.80. The lowest BCUT2D eigenvalue weighted by molar-refractivity contribution is -0.133. The van der Waals surface area contributed by atoms with Crippen molar-refractivity contribution in [1.29, 1.82) is 0 Å². The van der Waals surface area contributed by atoms with Gasteiger partial charge in [0, 0.05) is 5.02 Å². The number of hydrogen-bond donors (Lipinski definition) is 0. The predicted octanol–water partition coefficient (Wildman–Crippen LogP) is 3.49. The fourth-order valence-corrected chi connectivity index (χ4v) is 1.66. The van der Waals surface area contributed by atoms with E-state index in [1.807, 2.05) is 36.4 Å².